The Morgan fingerprint density at radius 1 is 0.531 bits per heavy atom. The molecule has 0 saturated carbocycles. The lowest BCUT2D eigenvalue weighted by atomic mass is 9.93. The van der Waals surface area contributed by atoms with E-state index < -0.39 is 0 Å². The summed E-state index contributed by atoms with van der Waals surface area (Å²) in [6.45, 7) is 4.51. The van der Waals surface area contributed by atoms with Gasteiger partial charge in [-0.25, -0.2) is 0 Å². The molecule has 6 aromatic rings. The zero-order valence-electron chi connectivity index (χ0n) is 18.3. The van der Waals surface area contributed by atoms with E-state index in [9.17, 15) is 0 Å². The minimum atomic E-state index is 0.533. The fraction of sp³-hybridized carbons (Fsp3) is 0.0968. The normalized spacial score (nSPS) is 11.7. The van der Waals surface area contributed by atoms with Crippen molar-refractivity contribution in [3.63, 3.8) is 0 Å². The van der Waals surface area contributed by atoms with Crippen molar-refractivity contribution in [1.29, 1.82) is 0 Å². The molecular weight excluding hydrogens is 404 g/mol. The summed E-state index contributed by atoms with van der Waals surface area (Å²) in [5.41, 5.74) is 6.62. The van der Waals surface area contributed by atoms with Gasteiger partial charge in [-0.2, -0.15) is 0 Å². The van der Waals surface area contributed by atoms with E-state index >= 15 is 0 Å². The Morgan fingerprint density at radius 3 is 1.94 bits per heavy atom. The van der Waals surface area contributed by atoms with Crippen LogP contribution in [0.25, 0.3) is 53.2 Å². The van der Waals surface area contributed by atoms with Crippen molar-refractivity contribution in [2.45, 2.75) is 19.8 Å². The zero-order chi connectivity index (χ0) is 21.7. The molecule has 6 rings (SSSR count). The molecular formula is C31H24S. The fourth-order valence-corrected chi connectivity index (χ4v) is 6.14. The zero-order valence-corrected chi connectivity index (χ0v) is 19.1. The molecule has 0 unspecified atom stereocenters. The molecule has 0 atom stereocenters. The number of thiophene rings is 1. The highest BCUT2D eigenvalue weighted by molar-refractivity contribution is 7.26. The molecule has 1 heterocycles. The predicted octanol–water partition coefficient (Wildman–Crippen LogP) is 9.67. The topological polar surface area (TPSA) is 0 Å². The van der Waals surface area contributed by atoms with Crippen LogP contribution >= 0.6 is 11.3 Å². The number of hydrogen-bond acceptors (Lipinski definition) is 1. The quantitative estimate of drug-likeness (QED) is 0.263. The third-order valence-corrected chi connectivity index (χ3v) is 7.76. The fourth-order valence-electron chi connectivity index (χ4n) is 4.77. The minimum Gasteiger partial charge on any atom is -0.134 e. The average Bonchev–Trinajstić information content (AvgIpc) is 3.23. The van der Waals surface area contributed by atoms with Crippen molar-refractivity contribution in [2.75, 3.05) is 0 Å². The summed E-state index contributed by atoms with van der Waals surface area (Å²) >= 11 is 1.92. The molecule has 0 aliphatic heterocycles. The molecule has 1 heteroatoms. The number of benzene rings is 5. The number of rotatable bonds is 3. The molecule has 154 valence electrons. The maximum atomic E-state index is 2.35. The molecule has 0 aliphatic rings. The largest absolute Gasteiger partial charge is 0.134 e. The van der Waals surface area contributed by atoms with Crippen molar-refractivity contribution < 1.29 is 0 Å². The van der Waals surface area contributed by atoms with Gasteiger partial charge in [0.25, 0.3) is 0 Å². The summed E-state index contributed by atoms with van der Waals surface area (Å²) < 4.78 is 2.73. The van der Waals surface area contributed by atoms with E-state index in [1.165, 1.54) is 58.8 Å². The number of fused-ring (bicyclic) bond motifs is 4. The monoisotopic (exact) mass is 428 g/mol. The molecule has 0 nitrogen and oxygen atoms in total. The SMILES string of the molecule is CC(C)c1ccc2c(-c3cccc4c3sc3c(-c5ccccc5)cccc34)cccc2c1. The maximum Gasteiger partial charge on any atom is 0.0434 e. The predicted molar refractivity (Wildman–Crippen MR) is 142 cm³/mol. The smallest absolute Gasteiger partial charge is 0.0434 e. The van der Waals surface area contributed by atoms with E-state index in [1.807, 2.05) is 11.3 Å². The molecule has 0 N–H and O–H groups in total. The second kappa shape index (κ2) is 7.62. The Kier molecular flexibility index (Phi) is 4.59. The highest BCUT2D eigenvalue weighted by Gasteiger charge is 2.15. The Bertz CT molecular complexity index is 1590. The van der Waals surface area contributed by atoms with Gasteiger partial charge in [-0.05, 0) is 38.9 Å². The molecule has 0 fully saturated rings. The van der Waals surface area contributed by atoms with E-state index in [-0.39, 0.29) is 0 Å². The summed E-state index contributed by atoms with van der Waals surface area (Å²) in [5.74, 6) is 0.533. The van der Waals surface area contributed by atoms with E-state index in [2.05, 4.69) is 117 Å². The molecule has 1 aromatic heterocycles. The minimum absolute atomic E-state index is 0.533. The van der Waals surface area contributed by atoms with E-state index in [1.54, 1.807) is 0 Å². The van der Waals surface area contributed by atoms with Gasteiger partial charge in [0.1, 0.15) is 0 Å². The van der Waals surface area contributed by atoms with Crippen LogP contribution in [-0.4, -0.2) is 0 Å². The Labute approximate surface area is 192 Å². The first-order valence-electron chi connectivity index (χ1n) is 11.2. The van der Waals surface area contributed by atoms with Crippen LogP contribution in [0.3, 0.4) is 0 Å². The maximum absolute atomic E-state index is 2.35. The summed E-state index contributed by atoms with van der Waals surface area (Å²) in [5, 5.41) is 5.33. The van der Waals surface area contributed by atoms with Crippen LogP contribution in [0.4, 0.5) is 0 Å². The lowest BCUT2D eigenvalue weighted by Crippen LogP contribution is -1.88. The van der Waals surface area contributed by atoms with Gasteiger partial charge < -0.3 is 0 Å². The second-order valence-electron chi connectivity index (χ2n) is 8.77. The molecule has 0 radical (unpaired) electrons. The van der Waals surface area contributed by atoms with Gasteiger partial charge in [-0.15, -0.1) is 11.3 Å². The summed E-state index contributed by atoms with van der Waals surface area (Å²) in [6.07, 6.45) is 0. The van der Waals surface area contributed by atoms with Crippen molar-refractivity contribution in [3.05, 3.63) is 109 Å². The van der Waals surface area contributed by atoms with Gasteiger partial charge in [-0.1, -0.05) is 117 Å². The van der Waals surface area contributed by atoms with Crippen molar-refractivity contribution in [1.82, 2.24) is 0 Å². The summed E-state index contributed by atoms with van der Waals surface area (Å²) in [7, 11) is 0. The van der Waals surface area contributed by atoms with Crippen LogP contribution in [0.15, 0.2) is 103 Å². The molecule has 0 spiro atoms. The van der Waals surface area contributed by atoms with E-state index in [0.29, 0.717) is 5.92 Å². The van der Waals surface area contributed by atoms with E-state index in [0.717, 1.165) is 0 Å². The summed E-state index contributed by atoms with van der Waals surface area (Å²) in [6, 6.07) is 37.9. The van der Waals surface area contributed by atoms with Crippen LogP contribution in [0.2, 0.25) is 0 Å². The lowest BCUT2D eigenvalue weighted by Gasteiger charge is -2.11. The first kappa shape index (κ1) is 19.3. The third-order valence-electron chi connectivity index (χ3n) is 6.47. The van der Waals surface area contributed by atoms with Crippen molar-refractivity contribution in [3.8, 4) is 22.3 Å². The Hall–Kier alpha value is -3.42. The van der Waals surface area contributed by atoms with Crippen LogP contribution in [0, 0.1) is 0 Å². The Morgan fingerprint density at radius 2 is 1.19 bits per heavy atom. The highest BCUT2D eigenvalue weighted by Crippen LogP contribution is 2.44. The van der Waals surface area contributed by atoms with E-state index in [4.69, 9.17) is 0 Å². The van der Waals surface area contributed by atoms with Gasteiger partial charge in [0.2, 0.25) is 0 Å². The highest BCUT2D eigenvalue weighted by atomic mass is 32.1. The molecule has 0 aliphatic carbocycles. The van der Waals surface area contributed by atoms with Crippen molar-refractivity contribution >= 4 is 42.3 Å². The molecule has 0 amide bonds. The van der Waals surface area contributed by atoms with Gasteiger partial charge in [0, 0.05) is 25.7 Å². The van der Waals surface area contributed by atoms with Gasteiger partial charge in [0.05, 0.1) is 0 Å². The van der Waals surface area contributed by atoms with Gasteiger partial charge >= 0.3 is 0 Å². The molecule has 0 saturated heterocycles. The van der Waals surface area contributed by atoms with Crippen LogP contribution in [-0.2, 0) is 0 Å². The van der Waals surface area contributed by atoms with Crippen LogP contribution < -0.4 is 0 Å². The molecule has 5 aromatic carbocycles. The molecule has 32 heavy (non-hydrogen) atoms. The van der Waals surface area contributed by atoms with Crippen molar-refractivity contribution in [2.24, 2.45) is 0 Å². The third kappa shape index (κ3) is 3.04. The second-order valence-corrected chi connectivity index (χ2v) is 9.79. The van der Waals surface area contributed by atoms with Crippen LogP contribution in [0.5, 0.6) is 0 Å². The molecule has 0 bridgehead atoms. The van der Waals surface area contributed by atoms with Crippen LogP contribution in [0.1, 0.15) is 25.3 Å². The van der Waals surface area contributed by atoms with Gasteiger partial charge in [0.15, 0.2) is 0 Å². The number of hydrogen-bond donors (Lipinski definition) is 0. The Balaban J connectivity index is 1.63. The summed E-state index contributed by atoms with van der Waals surface area (Å²) in [4.78, 5) is 0. The average molecular weight is 429 g/mol. The first-order chi connectivity index (χ1) is 15.7. The van der Waals surface area contributed by atoms with Gasteiger partial charge in [-0.3, -0.25) is 0 Å². The standard InChI is InChI=1S/C31H24S/c1-20(2)22-17-18-24-23(19-22)11-6-13-26(24)27-14-8-16-29-28-15-7-12-25(30(28)32-31(27)29)21-9-4-3-5-10-21/h3-20H,1-2H3. The lowest BCUT2D eigenvalue weighted by molar-refractivity contribution is 0.869. The first-order valence-corrected chi connectivity index (χ1v) is 12.0.